The van der Waals surface area contributed by atoms with Crippen LogP contribution in [0.2, 0.25) is 0 Å². The number of ether oxygens (including phenoxy) is 2. The minimum absolute atomic E-state index is 0.0675. The lowest BCUT2D eigenvalue weighted by Crippen LogP contribution is -2.25. The number of hydrogen-bond donors (Lipinski definition) is 1. The van der Waals surface area contributed by atoms with E-state index >= 15 is 0 Å². The molecule has 0 amide bonds. The highest BCUT2D eigenvalue weighted by molar-refractivity contribution is 6.06. The molecular weight excluding hydrogens is 296 g/mol. The van der Waals surface area contributed by atoms with Gasteiger partial charge in [0.25, 0.3) is 0 Å². The molecule has 0 aliphatic carbocycles. The number of hydrogen-bond acceptors (Lipinski definition) is 6. The molecule has 0 fully saturated rings. The Morgan fingerprint density at radius 2 is 1.96 bits per heavy atom. The van der Waals surface area contributed by atoms with Gasteiger partial charge in [0.15, 0.2) is 12.4 Å². The van der Waals surface area contributed by atoms with Gasteiger partial charge in [-0.3, -0.25) is 4.79 Å². The molecule has 0 aromatic heterocycles. The maximum Gasteiger partial charge on any atom is 0.338 e. The van der Waals surface area contributed by atoms with Crippen LogP contribution in [-0.4, -0.2) is 30.7 Å². The summed E-state index contributed by atoms with van der Waals surface area (Å²) in [6.07, 6.45) is 2.00. The maximum atomic E-state index is 11.8. The van der Waals surface area contributed by atoms with Crippen molar-refractivity contribution in [3.05, 3.63) is 29.8 Å². The highest BCUT2D eigenvalue weighted by atomic mass is 16.5. The van der Waals surface area contributed by atoms with Gasteiger partial charge in [-0.2, -0.15) is 5.26 Å². The number of Topliss-reactive ketones (excluding diaryl/α,β-unsaturated/α-hetero) is 1. The number of unbranched alkanes of at least 4 members (excludes halogenated alkanes) is 1. The lowest BCUT2D eigenvalue weighted by molar-refractivity contribution is -0.122. The number of benzene rings is 1. The fourth-order valence-electron chi connectivity index (χ4n) is 1.74. The highest BCUT2D eigenvalue weighted by Crippen LogP contribution is 2.13. The maximum absolute atomic E-state index is 11.8. The fourth-order valence-corrected chi connectivity index (χ4v) is 1.74. The third kappa shape index (κ3) is 5.91. The van der Waals surface area contributed by atoms with E-state index in [1.807, 2.05) is 0 Å². The summed E-state index contributed by atoms with van der Waals surface area (Å²) in [6, 6.07) is 8.14. The van der Waals surface area contributed by atoms with E-state index in [1.165, 1.54) is 6.92 Å². The van der Waals surface area contributed by atoms with Crippen LogP contribution in [0.3, 0.4) is 0 Å². The zero-order valence-corrected chi connectivity index (χ0v) is 13.3. The van der Waals surface area contributed by atoms with E-state index in [0.717, 1.165) is 12.8 Å². The Morgan fingerprint density at radius 3 is 2.48 bits per heavy atom. The lowest BCUT2D eigenvalue weighted by atomic mass is 10.0. The summed E-state index contributed by atoms with van der Waals surface area (Å²) in [7, 11) is 0. The van der Waals surface area contributed by atoms with Gasteiger partial charge >= 0.3 is 5.97 Å². The van der Waals surface area contributed by atoms with E-state index < -0.39 is 24.3 Å². The van der Waals surface area contributed by atoms with Crippen molar-refractivity contribution in [1.29, 1.82) is 10.7 Å². The predicted octanol–water partition coefficient (Wildman–Crippen LogP) is 2.77. The van der Waals surface area contributed by atoms with E-state index in [4.69, 9.17) is 20.1 Å². The van der Waals surface area contributed by atoms with Crippen LogP contribution in [0.4, 0.5) is 0 Å². The van der Waals surface area contributed by atoms with Crippen molar-refractivity contribution >= 4 is 17.5 Å². The molecular formula is C17H20N2O4. The lowest BCUT2D eigenvalue weighted by Gasteiger charge is -2.08. The van der Waals surface area contributed by atoms with Gasteiger partial charge in [0.2, 0.25) is 0 Å². The van der Waals surface area contributed by atoms with E-state index in [9.17, 15) is 9.59 Å². The van der Waals surface area contributed by atoms with Gasteiger partial charge in [0.1, 0.15) is 11.7 Å². The monoisotopic (exact) mass is 316 g/mol. The molecule has 0 saturated carbocycles. The summed E-state index contributed by atoms with van der Waals surface area (Å²) >= 11 is 0. The van der Waals surface area contributed by atoms with E-state index in [-0.39, 0.29) is 5.71 Å². The van der Waals surface area contributed by atoms with Gasteiger partial charge in [-0.25, -0.2) is 4.79 Å². The minimum Gasteiger partial charge on any atom is -0.494 e. The molecule has 0 heterocycles. The summed E-state index contributed by atoms with van der Waals surface area (Å²) in [6.45, 7) is 3.53. The number of nitrogens with one attached hydrogen (secondary N) is 1. The third-order valence-corrected chi connectivity index (χ3v) is 3.09. The van der Waals surface area contributed by atoms with Gasteiger partial charge < -0.3 is 14.9 Å². The summed E-state index contributed by atoms with van der Waals surface area (Å²) in [5.41, 5.74) is 0.225. The van der Waals surface area contributed by atoms with Crippen molar-refractivity contribution in [3.63, 3.8) is 0 Å². The number of carbonyl (C=O) groups excluding carboxylic acids is 2. The zero-order valence-electron chi connectivity index (χ0n) is 13.3. The smallest absolute Gasteiger partial charge is 0.338 e. The average molecular weight is 316 g/mol. The van der Waals surface area contributed by atoms with Crippen LogP contribution >= 0.6 is 0 Å². The van der Waals surface area contributed by atoms with Crippen LogP contribution in [0.15, 0.2) is 24.3 Å². The van der Waals surface area contributed by atoms with Crippen LogP contribution in [0, 0.1) is 22.7 Å². The molecule has 23 heavy (non-hydrogen) atoms. The van der Waals surface area contributed by atoms with Gasteiger partial charge in [-0.1, -0.05) is 13.3 Å². The van der Waals surface area contributed by atoms with Crippen LogP contribution < -0.4 is 4.74 Å². The molecule has 1 aromatic carbocycles. The molecule has 0 unspecified atom stereocenters. The normalized spacial score (nSPS) is 11.2. The SMILES string of the molecule is CCCCOc1ccc(C(=O)OCC(=O)[C@@H](C#N)C(C)=N)cc1. The number of esters is 1. The van der Waals surface area contributed by atoms with Crippen LogP contribution in [0.5, 0.6) is 5.75 Å². The molecule has 1 rings (SSSR count). The van der Waals surface area contributed by atoms with Crippen molar-refractivity contribution < 1.29 is 19.1 Å². The summed E-state index contributed by atoms with van der Waals surface area (Å²) in [5.74, 6) is -1.77. The van der Waals surface area contributed by atoms with E-state index in [0.29, 0.717) is 17.9 Å². The average Bonchev–Trinajstić information content (AvgIpc) is 2.54. The van der Waals surface area contributed by atoms with Crippen LogP contribution in [0.25, 0.3) is 0 Å². The molecule has 0 spiro atoms. The first-order valence-electron chi connectivity index (χ1n) is 7.37. The summed E-state index contributed by atoms with van der Waals surface area (Å²) in [4.78, 5) is 23.5. The molecule has 6 heteroatoms. The van der Waals surface area contributed by atoms with Gasteiger partial charge in [0, 0.05) is 5.71 Å². The van der Waals surface area contributed by atoms with Gasteiger partial charge in [0.05, 0.1) is 18.2 Å². The molecule has 1 aromatic rings. The van der Waals surface area contributed by atoms with Crippen LogP contribution in [-0.2, 0) is 9.53 Å². The number of rotatable bonds is 9. The van der Waals surface area contributed by atoms with E-state index in [2.05, 4.69) is 6.92 Å². The summed E-state index contributed by atoms with van der Waals surface area (Å²) < 4.78 is 10.4. The number of carbonyl (C=O) groups is 2. The first kappa shape index (κ1) is 18.4. The summed E-state index contributed by atoms with van der Waals surface area (Å²) in [5, 5.41) is 16.1. The Hall–Kier alpha value is -2.68. The molecule has 122 valence electrons. The Kier molecular flexibility index (Phi) is 7.48. The number of nitriles is 1. The van der Waals surface area contributed by atoms with Crippen molar-refractivity contribution in [2.75, 3.05) is 13.2 Å². The molecule has 0 aliphatic rings. The Balaban J connectivity index is 2.53. The van der Waals surface area contributed by atoms with Crippen molar-refractivity contribution in [2.24, 2.45) is 5.92 Å². The highest BCUT2D eigenvalue weighted by Gasteiger charge is 2.21. The molecule has 1 atom stereocenters. The van der Waals surface area contributed by atoms with Crippen LogP contribution in [0.1, 0.15) is 37.0 Å². The van der Waals surface area contributed by atoms with E-state index in [1.54, 1.807) is 30.3 Å². The standard InChI is InChI=1S/C17H20N2O4/c1-3-4-9-22-14-7-5-13(6-8-14)17(21)23-11-16(20)15(10-18)12(2)19/h5-8,15,19H,3-4,9,11H2,1-2H3/t15-/m0/s1. The zero-order chi connectivity index (χ0) is 17.2. The fraction of sp³-hybridized carbons (Fsp3) is 0.412. The molecule has 6 nitrogen and oxygen atoms in total. The van der Waals surface area contributed by atoms with Crippen molar-refractivity contribution in [2.45, 2.75) is 26.7 Å². The van der Waals surface area contributed by atoms with Crippen molar-refractivity contribution in [3.8, 4) is 11.8 Å². The second-order valence-electron chi connectivity index (χ2n) is 5.01. The quantitative estimate of drug-likeness (QED) is 0.429. The second-order valence-corrected chi connectivity index (χ2v) is 5.01. The number of nitrogens with zero attached hydrogens (tertiary/aromatic N) is 1. The second kappa shape index (κ2) is 9.36. The third-order valence-electron chi connectivity index (χ3n) is 3.09. The van der Waals surface area contributed by atoms with Gasteiger partial charge in [-0.05, 0) is 37.6 Å². The number of ketones is 1. The minimum atomic E-state index is -1.17. The molecule has 1 N–H and O–H groups in total. The molecule has 0 saturated heterocycles. The predicted molar refractivity (Wildman–Crippen MR) is 84.6 cm³/mol. The molecule has 0 bridgehead atoms. The Labute approximate surface area is 135 Å². The molecule has 0 aliphatic heterocycles. The topological polar surface area (TPSA) is 100 Å². The first-order chi connectivity index (χ1) is 11.0. The van der Waals surface area contributed by atoms with Gasteiger partial charge in [-0.15, -0.1) is 0 Å². The Bertz CT molecular complexity index is 602. The largest absolute Gasteiger partial charge is 0.494 e. The Morgan fingerprint density at radius 1 is 1.30 bits per heavy atom. The first-order valence-corrected chi connectivity index (χ1v) is 7.37. The van der Waals surface area contributed by atoms with Crippen molar-refractivity contribution in [1.82, 2.24) is 0 Å². The molecule has 0 radical (unpaired) electrons.